The van der Waals surface area contributed by atoms with Crippen molar-refractivity contribution in [3.05, 3.63) is 50.2 Å². The van der Waals surface area contributed by atoms with E-state index in [-0.39, 0.29) is 0 Å². The van der Waals surface area contributed by atoms with Gasteiger partial charge in [-0.05, 0) is 31.5 Å². The van der Waals surface area contributed by atoms with Crippen molar-refractivity contribution >= 4 is 34.8 Å². The Morgan fingerprint density at radius 2 is 1.81 bits per heavy atom. The molecule has 6 heteroatoms. The molecule has 1 N–H and O–H groups in total. The lowest BCUT2D eigenvalue weighted by molar-refractivity contribution is 0.172. The van der Waals surface area contributed by atoms with Crippen LogP contribution < -0.4 is 0 Å². The van der Waals surface area contributed by atoms with E-state index >= 15 is 0 Å². The molecule has 0 aliphatic rings. The SMILES string of the molecule is CCn1nc(C)c(Cl)c1CC(O)Cc1c(Cl)cccc1Cl. The lowest BCUT2D eigenvalue weighted by Gasteiger charge is -2.14. The number of aliphatic hydroxyl groups is 1. The highest BCUT2D eigenvalue weighted by Gasteiger charge is 2.18. The molecule has 2 aromatic rings. The van der Waals surface area contributed by atoms with Crippen molar-refractivity contribution in [2.75, 3.05) is 0 Å². The molecule has 1 atom stereocenters. The van der Waals surface area contributed by atoms with E-state index < -0.39 is 6.10 Å². The lowest BCUT2D eigenvalue weighted by Crippen LogP contribution is -2.17. The minimum absolute atomic E-state index is 0.378. The molecule has 3 nitrogen and oxygen atoms in total. The maximum Gasteiger partial charge on any atom is 0.0848 e. The molecular weight excluding hydrogens is 331 g/mol. The first kappa shape index (κ1) is 16.6. The Labute approximate surface area is 139 Å². The van der Waals surface area contributed by atoms with Gasteiger partial charge in [0.1, 0.15) is 0 Å². The van der Waals surface area contributed by atoms with Gasteiger partial charge in [-0.1, -0.05) is 40.9 Å². The Hall–Kier alpha value is -0.740. The quantitative estimate of drug-likeness (QED) is 0.875. The van der Waals surface area contributed by atoms with Gasteiger partial charge in [-0.3, -0.25) is 4.68 Å². The number of benzene rings is 1. The van der Waals surface area contributed by atoms with Crippen LogP contribution in [0.3, 0.4) is 0 Å². The zero-order valence-corrected chi connectivity index (χ0v) is 14.2. The van der Waals surface area contributed by atoms with Crippen molar-refractivity contribution in [2.24, 2.45) is 0 Å². The van der Waals surface area contributed by atoms with Crippen LogP contribution in [0.25, 0.3) is 0 Å². The third kappa shape index (κ3) is 3.72. The first-order valence-corrected chi connectivity index (χ1v) is 7.90. The van der Waals surface area contributed by atoms with Crippen LogP contribution >= 0.6 is 34.8 Å². The second-order valence-electron chi connectivity index (χ2n) is 4.92. The van der Waals surface area contributed by atoms with E-state index in [0.29, 0.717) is 34.5 Å². The normalized spacial score (nSPS) is 12.7. The van der Waals surface area contributed by atoms with Crippen molar-refractivity contribution < 1.29 is 5.11 Å². The van der Waals surface area contributed by atoms with E-state index in [2.05, 4.69) is 5.10 Å². The van der Waals surface area contributed by atoms with Gasteiger partial charge in [0, 0.05) is 29.4 Å². The zero-order valence-electron chi connectivity index (χ0n) is 11.9. The number of nitrogens with zero attached hydrogens (tertiary/aromatic N) is 2. The average molecular weight is 348 g/mol. The van der Waals surface area contributed by atoms with Crippen LogP contribution in [0.15, 0.2) is 18.2 Å². The van der Waals surface area contributed by atoms with E-state index in [4.69, 9.17) is 34.8 Å². The van der Waals surface area contributed by atoms with E-state index in [1.54, 1.807) is 18.2 Å². The highest BCUT2D eigenvalue weighted by molar-refractivity contribution is 6.36. The van der Waals surface area contributed by atoms with E-state index in [1.807, 2.05) is 18.5 Å². The predicted molar refractivity (Wildman–Crippen MR) is 87.5 cm³/mol. The summed E-state index contributed by atoms with van der Waals surface area (Å²) in [7, 11) is 0. The maximum absolute atomic E-state index is 10.3. The molecule has 0 bridgehead atoms. The van der Waals surface area contributed by atoms with Crippen LogP contribution in [0.2, 0.25) is 15.1 Å². The van der Waals surface area contributed by atoms with Gasteiger partial charge in [0.05, 0.1) is 22.5 Å². The lowest BCUT2D eigenvalue weighted by atomic mass is 10.0. The summed E-state index contributed by atoms with van der Waals surface area (Å²) >= 11 is 18.5. The van der Waals surface area contributed by atoms with Gasteiger partial charge in [-0.2, -0.15) is 5.10 Å². The van der Waals surface area contributed by atoms with Gasteiger partial charge in [0.15, 0.2) is 0 Å². The summed E-state index contributed by atoms with van der Waals surface area (Å²) in [6.07, 6.45) is 0.166. The van der Waals surface area contributed by atoms with Gasteiger partial charge in [-0.15, -0.1) is 0 Å². The van der Waals surface area contributed by atoms with Crippen molar-refractivity contribution in [3.63, 3.8) is 0 Å². The Kier molecular flexibility index (Phi) is 5.55. The predicted octanol–water partition coefficient (Wildman–Crippen LogP) is 4.32. The molecule has 0 aliphatic carbocycles. The fourth-order valence-electron chi connectivity index (χ4n) is 2.32. The number of aliphatic hydroxyl groups excluding tert-OH is 1. The Balaban J connectivity index is 2.17. The average Bonchev–Trinajstić information content (AvgIpc) is 2.71. The summed E-state index contributed by atoms with van der Waals surface area (Å²) in [6, 6.07) is 5.32. The van der Waals surface area contributed by atoms with Gasteiger partial charge >= 0.3 is 0 Å². The fraction of sp³-hybridized carbons (Fsp3) is 0.400. The number of halogens is 3. The van der Waals surface area contributed by atoms with Crippen LogP contribution in [0.1, 0.15) is 23.9 Å². The van der Waals surface area contributed by atoms with Crippen LogP contribution in [-0.2, 0) is 19.4 Å². The van der Waals surface area contributed by atoms with Gasteiger partial charge < -0.3 is 5.11 Å². The van der Waals surface area contributed by atoms with E-state index in [9.17, 15) is 5.11 Å². The summed E-state index contributed by atoms with van der Waals surface area (Å²) in [5.74, 6) is 0. The molecule has 0 spiro atoms. The number of rotatable bonds is 5. The minimum Gasteiger partial charge on any atom is -0.392 e. The number of hydrogen-bond acceptors (Lipinski definition) is 2. The van der Waals surface area contributed by atoms with Gasteiger partial charge in [0.25, 0.3) is 0 Å². The molecule has 1 aromatic heterocycles. The second kappa shape index (κ2) is 7.01. The monoisotopic (exact) mass is 346 g/mol. The Morgan fingerprint density at radius 3 is 2.38 bits per heavy atom. The standard InChI is InChI=1S/C15H17Cl3N2O/c1-3-20-14(15(18)9(2)19-20)8-10(21)7-11-12(16)5-4-6-13(11)17/h4-6,10,21H,3,7-8H2,1-2H3. The highest BCUT2D eigenvalue weighted by atomic mass is 35.5. The molecule has 0 fully saturated rings. The van der Waals surface area contributed by atoms with Crippen molar-refractivity contribution in [3.8, 4) is 0 Å². The van der Waals surface area contributed by atoms with Crippen LogP contribution in [-0.4, -0.2) is 21.0 Å². The van der Waals surface area contributed by atoms with Crippen molar-refractivity contribution in [2.45, 2.75) is 39.3 Å². The highest BCUT2D eigenvalue weighted by Crippen LogP contribution is 2.27. The van der Waals surface area contributed by atoms with E-state index in [0.717, 1.165) is 17.0 Å². The van der Waals surface area contributed by atoms with Crippen LogP contribution in [0.4, 0.5) is 0 Å². The third-order valence-electron chi connectivity index (χ3n) is 3.38. The molecule has 1 heterocycles. The third-order valence-corrected chi connectivity index (χ3v) is 4.58. The molecule has 0 saturated carbocycles. The molecule has 114 valence electrons. The van der Waals surface area contributed by atoms with Gasteiger partial charge in [0.2, 0.25) is 0 Å². The van der Waals surface area contributed by atoms with Crippen LogP contribution in [0, 0.1) is 6.92 Å². The topological polar surface area (TPSA) is 38.0 Å². The smallest absolute Gasteiger partial charge is 0.0848 e. The second-order valence-corrected chi connectivity index (χ2v) is 6.12. The molecule has 1 unspecified atom stereocenters. The molecular formula is C15H17Cl3N2O. The van der Waals surface area contributed by atoms with E-state index in [1.165, 1.54) is 0 Å². The molecule has 0 radical (unpaired) electrons. The largest absolute Gasteiger partial charge is 0.392 e. The first-order valence-electron chi connectivity index (χ1n) is 6.76. The molecule has 0 saturated heterocycles. The Bertz CT molecular complexity index is 620. The first-order chi connectivity index (χ1) is 9.93. The summed E-state index contributed by atoms with van der Waals surface area (Å²) in [4.78, 5) is 0. The summed E-state index contributed by atoms with van der Waals surface area (Å²) in [5.41, 5.74) is 2.37. The maximum atomic E-state index is 10.3. The number of hydrogen-bond donors (Lipinski definition) is 1. The zero-order chi connectivity index (χ0) is 15.6. The van der Waals surface area contributed by atoms with Gasteiger partial charge in [-0.25, -0.2) is 0 Å². The number of aryl methyl sites for hydroxylation is 2. The molecule has 1 aromatic carbocycles. The Morgan fingerprint density at radius 1 is 1.19 bits per heavy atom. The number of aromatic nitrogens is 2. The fourth-order valence-corrected chi connectivity index (χ4v) is 3.09. The molecule has 0 amide bonds. The minimum atomic E-state index is -0.624. The summed E-state index contributed by atoms with van der Waals surface area (Å²) in [5, 5.41) is 16.4. The molecule has 0 aliphatic heterocycles. The van der Waals surface area contributed by atoms with Crippen molar-refractivity contribution in [1.29, 1.82) is 0 Å². The molecule has 2 rings (SSSR count). The van der Waals surface area contributed by atoms with Crippen molar-refractivity contribution in [1.82, 2.24) is 9.78 Å². The summed E-state index contributed by atoms with van der Waals surface area (Å²) in [6.45, 7) is 4.56. The summed E-state index contributed by atoms with van der Waals surface area (Å²) < 4.78 is 1.81. The van der Waals surface area contributed by atoms with Crippen LogP contribution in [0.5, 0.6) is 0 Å². The molecule has 21 heavy (non-hydrogen) atoms.